The van der Waals surface area contributed by atoms with E-state index in [4.69, 9.17) is 4.52 Å². The second kappa shape index (κ2) is 7.94. The Morgan fingerprint density at radius 1 is 1.11 bits per heavy atom. The number of hydrogen-bond donors (Lipinski definition) is 1. The Morgan fingerprint density at radius 2 is 1.93 bits per heavy atom. The molecule has 0 bridgehead atoms. The lowest BCUT2D eigenvalue weighted by molar-refractivity contribution is 0.0786. The second-order valence-electron chi connectivity index (χ2n) is 6.35. The Labute approximate surface area is 156 Å². The van der Waals surface area contributed by atoms with E-state index in [9.17, 15) is 4.79 Å². The number of carbonyl (C=O) groups excluding carboxylic acids is 1. The molecule has 2 aromatic heterocycles. The molecule has 1 fully saturated rings. The predicted octanol–water partition coefficient (Wildman–Crippen LogP) is 2.42. The molecule has 0 unspecified atom stereocenters. The van der Waals surface area contributed by atoms with Gasteiger partial charge in [0.25, 0.3) is 11.8 Å². The number of anilines is 1. The van der Waals surface area contributed by atoms with E-state index in [-0.39, 0.29) is 5.91 Å². The van der Waals surface area contributed by atoms with Gasteiger partial charge in [-0.15, -0.1) is 0 Å². The van der Waals surface area contributed by atoms with Crippen LogP contribution >= 0.6 is 0 Å². The number of amides is 1. The SMILES string of the molecule is O=C(c1cncc(NCCc2noc(-c3ccccc3)n2)n1)N1CCCC1. The van der Waals surface area contributed by atoms with Crippen molar-refractivity contribution in [2.45, 2.75) is 19.3 Å². The molecule has 1 aliphatic heterocycles. The zero-order chi connectivity index (χ0) is 18.5. The van der Waals surface area contributed by atoms with Crippen molar-refractivity contribution in [2.75, 3.05) is 25.0 Å². The third-order valence-corrected chi connectivity index (χ3v) is 4.39. The van der Waals surface area contributed by atoms with Gasteiger partial charge in [0.2, 0.25) is 0 Å². The highest BCUT2D eigenvalue weighted by Crippen LogP contribution is 2.16. The summed E-state index contributed by atoms with van der Waals surface area (Å²) >= 11 is 0. The molecule has 0 saturated carbocycles. The minimum Gasteiger partial charge on any atom is -0.368 e. The van der Waals surface area contributed by atoms with Crippen molar-refractivity contribution in [3.63, 3.8) is 0 Å². The Morgan fingerprint density at radius 3 is 2.74 bits per heavy atom. The largest absolute Gasteiger partial charge is 0.368 e. The van der Waals surface area contributed by atoms with Crippen LogP contribution in [0.15, 0.2) is 47.2 Å². The van der Waals surface area contributed by atoms with Crippen LogP contribution in [0.5, 0.6) is 0 Å². The normalized spacial score (nSPS) is 13.7. The van der Waals surface area contributed by atoms with Crippen molar-refractivity contribution in [1.82, 2.24) is 25.0 Å². The maximum Gasteiger partial charge on any atom is 0.274 e. The number of rotatable bonds is 6. The van der Waals surface area contributed by atoms with Crippen molar-refractivity contribution in [1.29, 1.82) is 0 Å². The van der Waals surface area contributed by atoms with E-state index in [1.54, 1.807) is 6.20 Å². The lowest BCUT2D eigenvalue weighted by Crippen LogP contribution is -2.28. The molecule has 1 amide bonds. The Kier molecular flexibility index (Phi) is 5.04. The molecule has 3 heterocycles. The molecule has 4 rings (SSSR count). The van der Waals surface area contributed by atoms with Crippen LogP contribution < -0.4 is 5.32 Å². The summed E-state index contributed by atoms with van der Waals surface area (Å²) < 4.78 is 5.29. The van der Waals surface area contributed by atoms with Gasteiger partial charge in [0.05, 0.1) is 12.4 Å². The van der Waals surface area contributed by atoms with Crippen LogP contribution in [-0.4, -0.2) is 50.5 Å². The molecular weight excluding hydrogens is 344 g/mol. The van der Waals surface area contributed by atoms with E-state index in [0.717, 1.165) is 31.5 Å². The monoisotopic (exact) mass is 364 g/mol. The molecule has 0 spiro atoms. The first-order valence-electron chi connectivity index (χ1n) is 9.03. The fourth-order valence-electron chi connectivity index (χ4n) is 2.99. The van der Waals surface area contributed by atoms with Crippen LogP contribution in [0, 0.1) is 0 Å². The maximum absolute atomic E-state index is 12.4. The van der Waals surface area contributed by atoms with Crippen molar-refractivity contribution >= 4 is 11.7 Å². The number of nitrogens with zero attached hydrogens (tertiary/aromatic N) is 5. The molecule has 1 aromatic carbocycles. The zero-order valence-electron chi connectivity index (χ0n) is 14.8. The highest BCUT2D eigenvalue weighted by molar-refractivity contribution is 5.92. The second-order valence-corrected chi connectivity index (χ2v) is 6.35. The highest BCUT2D eigenvalue weighted by Gasteiger charge is 2.21. The fraction of sp³-hybridized carbons (Fsp3) is 0.316. The van der Waals surface area contributed by atoms with Gasteiger partial charge in [-0.25, -0.2) is 4.98 Å². The minimum atomic E-state index is -0.0608. The van der Waals surface area contributed by atoms with Crippen LogP contribution in [0.1, 0.15) is 29.2 Å². The minimum absolute atomic E-state index is 0.0608. The first-order chi connectivity index (χ1) is 13.3. The summed E-state index contributed by atoms with van der Waals surface area (Å²) in [6.45, 7) is 2.14. The van der Waals surface area contributed by atoms with Crippen LogP contribution in [0.2, 0.25) is 0 Å². The van der Waals surface area contributed by atoms with Gasteiger partial charge in [-0.1, -0.05) is 23.4 Å². The molecule has 3 aromatic rings. The van der Waals surface area contributed by atoms with Crippen molar-refractivity contribution in [3.8, 4) is 11.5 Å². The van der Waals surface area contributed by atoms with E-state index in [0.29, 0.717) is 36.2 Å². The predicted molar refractivity (Wildman–Crippen MR) is 99.1 cm³/mol. The third kappa shape index (κ3) is 4.11. The number of carbonyl (C=O) groups is 1. The van der Waals surface area contributed by atoms with E-state index in [1.165, 1.54) is 6.20 Å². The van der Waals surface area contributed by atoms with E-state index in [2.05, 4.69) is 25.4 Å². The van der Waals surface area contributed by atoms with Crippen LogP contribution in [0.25, 0.3) is 11.5 Å². The first-order valence-corrected chi connectivity index (χ1v) is 9.03. The van der Waals surface area contributed by atoms with Gasteiger partial charge in [-0.05, 0) is 25.0 Å². The molecule has 8 nitrogen and oxygen atoms in total. The zero-order valence-corrected chi connectivity index (χ0v) is 14.8. The molecule has 0 atom stereocenters. The first kappa shape index (κ1) is 17.1. The number of hydrogen-bond acceptors (Lipinski definition) is 7. The smallest absolute Gasteiger partial charge is 0.274 e. The summed E-state index contributed by atoms with van der Waals surface area (Å²) in [6.07, 6.45) is 5.78. The number of likely N-dealkylation sites (tertiary alicyclic amines) is 1. The Bertz CT molecular complexity index is 905. The lowest BCUT2D eigenvalue weighted by Gasteiger charge is -2.14. The molecule has 1 N–H and O–H groups in total. The molecule has 138 valence electrons. The average Bonchev–Trinajstić information content (AvgIpc) is 3.41. The molecular formula is C19H20N6O2. The topological polar surface area (TPSA) is 97.0 Å². The maximum atomic E-state index is 12.4. The molecule has 0 aliphatic carbocycles. The lowest BCUT2D eigenvalue weighted by atomic mass is 10.2. The van der Waals surface area contributed by atoms with Gasteiger partial charge in [0.1, 0.15) is 11.5 Å². The number of benzene rings is 1. The molecule has 1 aliphatic rings. The summed E-state index contributed by atoms with van der Waals surface area (Å²) in [7, 11) is 0. The summed E-state index contributed by atoms with van der Waals surface area (Å²) in [5.74, 6) is 1.61. The fourth-order valence-corrected chi connectivity index (χ4v) is 2.99. The van der Waals surface area contributed by atoms with Crippen LogP contribution in [0.4, 0.5) is 5.82 Å². The average molecular weight is 364 g/mol. The van der Waals surface area contributed by atoms with Crippen LogP contribution in [0.3, 0.4) is 0 Å². The Balaban J connectivity index is 1.33. The van der Waals surface area contributed by atoms with Gasteiger partial charge < -0.3 is 14.7 Å². The third-order valence-electron chi connectivity index (χ3n) is 4.39. The standard InChI is InChI=1S/C19H20N6O2/c26-19(25-10-4-5-11-25)15-12-20-13-17(22-15)21-9-8-16-23-18(27-24-16)14-6-2-1-3-7-14/h1-3,6-7,12-13H,4-5,8-11H2,(H,21,22). The van der Waals surface area contributed by atoms with Gasteiger partial charge in [-0.3, -0.25) is 9.78 Å². The molecule has 1 saturated heterocycles. The van der Waals surface area contributed by atoms with E-state index in [1.807, 2.05) is 35.2 Å². The van der Waals surface area contributed by atoms with E-state index >= 15 is 0 Å². The summed E-state index contributed by atoms with van der Waals surface area (Å²) in [6, 6.07) is 9.64. The van der Waals surface area contributed by atoms with Crippen molar-refractivity contribution in [2.24, 2.45) is 0 Å². The summed E-state index contributed by atoms with van der Waals surface area (Å²) in [4.78, 5) is 27.1. The quantitative estimate of drug-likeness (QED) is 0.717. The van der Waals surface area contributed by atoms with Crippen LogP contribution in [-0.2, 0) is 6.42 Å². The Hall–Kier alpha value is -3.29. The summed E-state index contributed by atoms with van der Waals surface area (Å²) in [5.41, 5.74) is 1.26. The van der Waals surface area contributed by atoms with Crippen molar-refractivity contribution in [3.05, 3.63) is 54.2 Å². The van der Waals surface area contributed by atoms with E-state index < -0.39 is 0 Å². The van der Waals surface area contributed by atoms with Gasteiger partial charge in [-0.2, -0.15) is 4.98 Å². The van der Waals surface area contributed by atoms with Crippen molar-refractivity contribution < 1.29 is 9.32 Å². The molecule has 27 heavy (non-hydrogen) atoms. The number of nitrogens with one attached hydrogen (secondary N) is 1. The molecule has 0 radical (unpaired) electrons. The van der Waals surface area contributed by atoms with Gasteiger partial charge in [0, 0.05) is 31.6 Å². The highest BCUT2D eigenvalue weighted by atomic mass is 16.5. The van der Waals surface area contributed by atoms with Gasteiger partial charge >= 0.3 is 0 Å². The summed E-state index contributed by atoms with van der Waals surface area (Å²) in [5, 5.41) is 7.16. The van der Waals surface area contributed by atoms with Gasteiger partial charge in [0.15, 0.2) is 5.82 Å². The molecule has 8 heteroatoms. The number of aromatic nitrogens is 4.